The van der Waals surface area contributed by atoms with Gasteiger partial charge in [0.1, 0.15) is 0 Å². The fourth-order valence-corrected chi connectivity index (χ4v) is 4.38. The summed E-state index contributed by atoms with van der Waals surface area (Å²) >= 11 is 9.43. The zero-order valence-electron chi connectivity index (χ0n) is 20.0. The summed E-state index contributed by atoms with van der Waals surface area (Å²) in [6, 6.07) is 4.98. The molecule has 3 N–H and O–H groups in total. The Balaban J connectivity index is 1.91. The Morgan fingerprint density at radius 2 is 1.91 bits per heavy atom. The second-order valence-corrected chi connectivity index (χ2v) is 10.2. The molecule has 1 aromatic carbocycles. The van der Waals surface area contributed by atoms with Crippen molar-refractivity contribution in [3.63, 3.8) is 0 Å². The molecule has 0 aromatic heterocycles. The van der Waals surface area contributed by atoms with E-state index in [1.54, 1.807) is 18.2 Å². The van der Waals surface area contributed by atoms with E-state index in [1.807, 2.05) is 0 Å². The molecule has 1 atom stereocenters. The number of halogens is 2. The summed E-state index contributed by atoms with van der Waals surface area (Å²) in [5.74, 6) is -0.746. The van der Waals surface area contributed by atoms with Crippen molar-refractivity contribution in [2.24, 2.45) is 5.92 Å². The van der Waals surface area contributed by atoms with Crippen molar-refractivity contribution in [3.8, 4) is 0 Å². The number of aliphatic hydroxyl groups is 1. The van der Waals surface area contributed by atoms with E-state index in [-0.39, 0.29) is 25.0 Å². The molecule has 1 fully saturated rings. The van der Waals surface area contributed by atoms with Gasteiger partial charge in [0, 0.05) is 43.9 Å². The fraction of sp³-hybridized carbons (Fsp3) is 0.652. The molecule has 0 spiro atoms. The van der Waals surface area contributed by atoms with Gasteiger partial charge in [0.05, 0.1) is 23.1 Å². The molecule has 2 rings (SSSR count). The number of nitrogens with one attached hydrogen (secondary N) is 2. The van der Waals surface area contributed by atoms with Crippen molar-refractivity contribution >= 4 is 46.5 Å². The van der Waals surface area contributed by atoms with Crippen molar-refractivity contribution in [2.45, 2.75) is 45.5 Å². The zero-order valence-corrected chi connectivity index (χ0v) is 22.4. The normalized spacial score (nSPS) is 16.8. The van der Waals surface area contributed by atoms with Crippen LogP contribution in [-0.4, -0.2) is 80.9 Å². The Hall–Kier alpha value is -1.17. The number of carbonyl (C=O) groups excluding carboxylic acids is 2. The molecule has 0 aliphatic carbocycles. The monoisotopic (exact) mass is 559 g/mol. The van der Waals surface area contributed by atoms with Gasteiger partial charge in [-0.1, -0.05) is 41.4 Å². The summed E-state index contributed by atoms with van der Waals surface area (Å²) in [6.45, 7) is 7.87. The second-order valence-electron chi connectivity index (χ2n) is 8.85. The lowest BCUT2D eigenvalue weighted by atomic mass is 9.73. The summed E-state index contributed by atoms with van der Waals surface area (Å²) in [5, 5.41) is 15.0. The lowest BCUT2D eigenvalue weighted by Crippen LogP contribution is -2.52. The number of hydrogen-bond donors (Lipinski definition) is 3. The summed E-state index contributed by atoms with van der Waals surface area (Å²) in [7, 11) is -0.550. The van der Waals surface area contributed by atoms with E-state index >= 15 is 0 Å². The van der Waals surface area contributed by atoms with Crippen molar-refractivity contribution in [1.29, 1.82) is 0 Å². The summed E-state index contributed by atoms with van der Waals surface area (Å²) < 4.78 is 12.8. The average molecular weight is 561 g/mol. The molecule has 8 nitrogen and oxygen atoms in total. The molecule has 1 heterocycles. The number of rotatable bonds is 10. The highest BCUT2D eigenvalue weighted by Crippen LogP contribution is 2.20. The van der Waals surface area contributed by atoms with Gasteiger partial charge in [0.15, 0.2) is 0 Å². The highest BCUT2D eigenvalue weighted by Gasteiger charge is 2.33. The van der Waals surface area contributed by atoms with Crippen LogP contribution in [0.5, 0.6) is 0 Å². The molecular weight excluding hydrogens is 524 g/mol. The molecule has 0 unspecified atom stereocenters. The van der Waals surface area contributed by atoms with E-state index < -0.39 is 13.0 Å². The Labute approximate surface area is 216 Å². The maximum atomic E-state index is 12.7. The van der Waals surface area contributed by atoms with Gasteiger partial charge >= 0.3 is 7.12 Å². The lowest BCUT2D eigenvalue weighted by molar-refractivity contribution is -0.120. The minimum atomic E-state index is -0.550. The van der Waals surface area contributed by atoms with Crippen LogP contribution in [-0.2, 0) is 14.1 Å². The summed E-state index contributed by atoms with van der Waals surface area (Å²) in [5.41, 5.74) is 0.301. The third kappa shape index (κ3) is 10.6. The molecule has 0 saturated carbocycles. The zero-order chi connectivity index (χ0) is 24.9. The number of benzene rings is 1. The predicted molar refractivity (Wildman–Crippen MR) is 138 cm³/mol. The van der Waals surface area contributed by atoms with E-state index in [2.05, 4.69) is 45.3 Å². The van der Waals surface area contributed by atoms with Gasteiger partial charge in [-0.3, -0.25) is 9.59 Å². The minimum Gasteiger partial charge on any atom is -0.410 e. The average Bonchev–Trinajstić information content (AvgIpc) is 2.80. The van der Waals surface area contributed by atoms with Crippen molar-refractivity contribution in [2.75, 3.05) is 46.0 Å². The van der Waals surface area contributed by atoms with Gasteiger partial charge in [-0.25, -0.2) is 0 Å². The Morgan fingerprint density at radius 1 is 1.24 bits per heavy atom. The molecule has 190 valence electrons. The van der Waals surface area contributed by atoms with E-state index in [4.69, 9.17) is 26.0 Å². The van der Waals surface area contributed by atoms with Crippen LogP contribution < -0.4 is 10.6 Å². The molecular formula is C23H36BBrClN3O5. The largest absolute Gasteiger partial charge is 0.480 e. The van der Waals surface area contributed by atoms with E-state index in [1.165, 1.54) is 0 Å². The molecule has 1 aliphatic heterocycles. The van der Waals surface area contributed by atoms with Gasteiger partial charge < -0.3 is 29.9 Å². The highest BCUT2D eigenvalue weighted by atomic mass is 79.9. The molecule has 1 aromatic rings. The van der Waals surface area contributed by atoms with Gasteiger partial charge in [0.2, 0.25) is 5.91 Å². The first-order valence-corrected chi connectivity index (χ1v) is 13.1. The molecule has 11 heteroatoms. The van der Waals surface area contributed by atoms with Crippen LogP contribution in [0.4, 0.5) is 0 Å². The van der Waals surface area contributed by atoms with Crippen LogP contribution in [0.25, 0.3) is 0 Å². The molecule has 2 amide bonds. The van der Waals surface area contributed by atoms with Crippen molar-refractivity contribution in [1.82, 2.24) is 15.5 Å². The van der Waals surface area contributed by atoms with Crippen LogP contribution >= 0.6 is 27.5 Å². The van der Waals surface area contributed by atoms with E-state index in [0.29, 0.717) is 36.1 Å². The number of carbonyl (C=O) groups is 2. The Morgan fingerprint density at radius 3 is 2.53 bits per heavy atom. The Kier molecular flexibility index (Phi) is 13.5. The quantitative estimate of drug-likeness (QED) is 0.381. The summed E-state index contributed by atoms with van der Waals surface area (Å²) in [4.78, 5) is 27.5. The third-order valence-electron chi connectivity index (χ3n) is 5.42. The molecule has 0 radical (unpaired) electrons. The topological polar surface area (TPSA) is 100 Å². The lowest BCUT2D eigenvalue weighted by Gasteiger charge is -2.29. The number of aliphatic hydroxyl groups excluding tert-OH is 1. The smallest absolute Gasteiger partial charge is 0.410 e. The van der Waals surface area contributed by atoms with E-state index in [0.717, 1.165) is 43.4 Å². The Bertz CT molecular complexity index is 777. The minimum absolute atomic E-state index is 0.178. The fourth-order valence-electron chi connectivity index (χ4n) is 3.82. The van der Waals surface area contributed by atoms with Crippen molar-refractivity contribution < 1.29 is 24.0 Å². The van der Waals surface area contributed by atoms with Crippen molar-refractivity contribution in [3.05, 3.63) is 33.3 Å². The van der Waals surface area contributed by atoms with Gasteiger partial charge in [-0.2, -0.15) is 0 Å². The standard InChI is InChI=1S/C23H36BBrClN3O5/c1-17(2)14-21(24-33-12-4-9-29(8-3-11-30)10-5-13-34-24)28-22(31)16-27-23(32)19-15-18(25)6-7-20(19)26/h6-7,15,17,21,30H,3-5,8-14,16H2,1-2H3,(H,27,32)(H,28,31)/t21-/m0/s1. The van der Waals surface area contributed by atoms with Crippen LogP contribution in [0.1, 0.15) is 49.9 Å². The van der Waals surface area contributed by atoms with Crippen LogP contribution in [0, 0.1) is 5.92 Å². The second kappa shape index (κ2) is 15.8. The highest BCUT2D eigenvalue weighted by molar-refractivity contribution is 9.10. The van der Waals surface area contributed by atoms with E-state index in [9.17, 15) is 9.59 Å². The number of hydrogen-bond acceptors (Lipinski definition) is 6. The first kappa shape index (κ1) is 29.1. The van der Waals surface area contributed by atoms with Gasteiger partial charge in [-0.15, -0.1) is 0 Å². The van der Waals surface area contributed by atoms with Crippen LogP contribution in [0.15, 0.2) is 22.7 Å². The molecule has 1 saturated heterocycles. The van der Waals surface area contributed by atoms with Crippen LogP contribution in [0.3, 0.4) is 0 Å². The molecule has 0 bridgehead atoms. The third-order valence-corrected chi connectivity index (χ3v) is 6.24. The first-order valence-electron chi connectivity index (χ1n) is 11.9. The molecule has 34 heavy (non-hydrogen) atoms. The number of amides is 2. The predicted octanol–water partition coefficient (Wildman–Crippen LogP) is 2.90. The SMILES string of the molecule is CC(C)C[C@H](NC(=O)CNC(=O)c1cc(Br)ccc1Cl)B1OCCCN(CCCO)CCCO1. The number of nitrogens with zero attached hydrogens (tertiary/aromatic N) is 1. The molecule has 1 aliphatic rings. The van der Waals surface area contributed by atoms with Gasteiger partial charge in [0.25, 0.3) is 5.91 Å². The summed E-state index contributed by atoms with van der Waals surface area (Å²) in [6.07, 6.45) is 3.13. The van der Waals surface area contributed by atoms with Crippen LogP contribution in [0.2, 0.25) is 5.02 Å². The maximum Gasteiger partial charge on any atom is 0.480 e. The van der Waals surface area contributed by atoms with Gasteiger partial charge in [-0.05, 0) is 49.8 Å². The maximum absolute atomic E-state index is 12.7. The first-order chi connectivity index (χ1) is 16.3.